The van der Waals surface area contributed by atoms with Crippen LogP contribution >= 0.6 is 11.9 Å². The lowest BCUT2D eigenvalue weighted by Crippen LogP contribution is -2.44. The predicted molar refractivity (Wildman–Crippen MR) is 115 cm³/mol. The van der Waals surface area contributed by atoms with Crippen molar-refractivity contribution in [2.24, 2.45) is 10.9 Å². The molecule has 1 atom stereocenters. The van der Waals surface area contributed by atoms with E-state index in [0.29, 0.717) is 0 Å². The van der Waals surface area contributed by atoms with Crippen molar-refractivity contribution in [2.75, 3.05) is 6.93 Å². The number of aliphatic imine (C=N–C) groups is 1. The Morgan fingerprint density at radius 2 is 1.97 bits per heavy atom. The van der Waals surface area contributed by atoms with Gasteiger partial charge in [0.05, 0.1) is 11.4 Å². The van der Waals surface area contributed by atoms with E-state index < -0.39 is 13.0 Å². The minimum absolute atomic E-state index is 0.217. The second-order valence-electron chi connectivity index (χ2n) is 6.42. The molecule has 8 heteroatoms. The lowest BCUT2D eigenvalue weighted by atomic mass is 9.84. The van der Waals surface area contributed by atoms with E-state index in [-0.39, 0.29) is 11.7 Å². The van der Waals surface area contributed by atoms with Crippen LogP contribution < -0.4 is 10.0 Å². The Kier molecular flexibility index (Phi) is 11.9. The summed E-state index contributed by atoms with van der Waals surface area (Å²) in [6.07, 6.45) is 7.48. The van der Waals surface area contributed by atoms with E-state index in [1.54, 1.807) is 18.3 Å². The molecule has 1 aliphatic heterocycles. The number of benzene rings is 1. The molecule has 1 unspecified atom stereocenters. The Bertz CT molecular complexity index is 701. The number of carbonyl (C=O) groups excluding carboxylic acids is 1. The van der Waals surface area contributed by atoms with Crippen LogP contribution in [0.2, 0.25) is 0 Å². The van der Waals surface area contributed by atoms with Gasteiger partial charge in [-0.2, -0.15) is 0 Å². The predicted octanol–water partition coefficient (Wildman–Crippen LogP) is 5.54. The minimum Gasteiger partial charge on any atom is -0.367 e. The molecule has 1 amide bonds. The molecule has 1 aliphatic carbocycles. The Hall–Kier alpha value is -2.22. The summed E-state index contributed by atoms with van der Waals surface area (Å²) in [5.41, 5.74) is 2.25. The van der Waals surface area contributed by atoms with Crippen LogP contribution in [-0.2, 0) is 4.79 Å². The molecule has 1 heterocycles. The second kappa shape index (κ2) is 13.9. The number of alkyl halides is 2. The van der Waals surface area contributed by atoms with Crippen LogP contribution in [0.1, 0.15) is 45.1 Å². The van der Waals surface area contributed by atoms with Crippen LogP contribution in [0.15, 0.2) is 46.9 Å². The molecule has 0 saturated heterocycles. The monoisotopic (exact) mass is 427 g/mol. The maximum atomic E-state index is 13.0. The average molecular weight is 428 g/mol. The number of nitrogens with zero attached hydrogens (tertiary/aromatic N) is 1. The number of rotatable bonds is 5. The number of hydrogen-bond donors (Lipinski definition) is 2. The van der Waals surface area contributed by atoms with E-state index in [2.05, 4.69) is 28.5 Å². The van der Waals surface area contributed by atoms with E-state index in [0.717, 1.165) is 34.8 Å². The topological polar surface area (TPSA) is 53.5 Å². The molecule has 2 aliphatic rings. The summed E-state index contributed by atoms with van der Waals surface area (Å²) in [6.45, 7) is 5.87. The van der Waals surface area contributed by atoms with Gasteiger partial charge in [0, 0.05) is 6.21 Å². The van der Waals surface area contributed by atoms with Crippen molar-refractivity contribution in [3.63, 3.8) is 0 Å². The number of amides is 1. The van der Waals surface area contributed by atoms with Crippen molar-refractivity contribution in [1.82, 2.24) is 10.0 Å². The molecule has 1 aromatic rings. The van der Waals surface area contributed by atoms with Crippen LogP contribution in [0.4, 0.5) is 13.2 Å². The molecule has 29 heavy (non-hydrogen) atoms. The van der Waals surface area contributed by atoms with Gasteiger partial charge in [-0.05, 0) is 60.0 Å². The van der Waals surface area contributed by atoms with Gasteiger partial charge in [-0.3, -0.25) is 14.5 Å². The fraction of sp³-hybridized carbons (Fsp3) is 0.429. The minimum atomic E-state index is -1.75. The molecule has 4 nitrogen and oxygen atoms in total. The van der Waals surface area contributed by atoms with Gasteiger partial charge in [-0.1, -0.05) is 39.2 Å². The van der Waals surface area contributed by atoms with Gasteiger partial charge in [0.2, 0.25) is 6.93 Å². The maximum Gasteiger partial charge on any atom is 0.258 e. The van der Waals surface area contributed by atoms with E-state index in [9.17, 15) is 18.0 Å². The number of nitrogens with one attached hydrogen (secondary N) is 2. The first-order valence-corrected chi connectivity index (χ1v) is 10.3. The fourth-order valence-electron chi connectivity index (χ4n) is 2.65. The zero-order chi connectivity index (χ0) is 21.6. The quantitative estimate of drug-likeness (QED) is 0.606. The molecule has 0 aromatic heterocycles. The van der Waals surface area contributed by atoms with E-state index in [4.69, 9.17) is 0 Å². The van der Waals surface area contributed by atoms with Gasteiger partial charge in [-0.15, -0.1) is 0 Å². The average Bonchev–Trinajstić information content (AvgIpc) is 2.67. The zero-order valence-electron chi connectivity index (χ0n) is 16.8. The summed E-state index contributed by atoms with van der Waals surface area (Å²) in [6, 6.07) is 5.48. The lowest BCUT2D eigenvalue weighted by molar-refractivity contribution is -0.119. The molecule has 0 bridgehead atoms. The van der Waals surface area contributed by atoms with Crippen molar-refractivity contribution in [1.29, 1.82) is 0 Å². The molecule has 1 aromatic carbocycles. The second-order valence-corrected chi connectivity index (χ2v) is 7.20. The van der Waals surface area contributed by atoms with Gasteiger partial charge in [0.25, 0.3) is 5.91 Å². The van der Waals surface area contributed by atoms with Crippen LogP contribution in [0, 0.1) is 11.7 Å². The SMILES string of the molecule is C=CSNC(=O)C1C=NC(C)=C(c2ccc(F)cc2)N1.CCC1CCC1.FCF. The number of carbonyl (C=O) groups is 1. The van der Waals surface area contributed by atoms with E-state index in [1.165, 1.54) is 43.2 Å². The summed E-state index contributed by atoms with van der Waals surface area (Å²) in [5.74, 6) is 0.596. The van der Waals surface area contributed by atoms with Gasteiger partial charge in [-0.25, -0.2) is 13.2 Å². The Morgan fingerprint density at radius 1 is 1.34 bits per heavy atom. The van der Waals surface area contributed by atoms with Gasteiger partial charge < -0.3 is 5.32 Å². The molecule has 3 rings (SSSR count). The van der Waals surface area contributed by atoms with Crippen molar-refractivity contribution < 1.29 is 18.0 Å². The molecule has 1 fully saturated rings. The molecular formula is C21H28F3N3OS. The third kappa shape index (κ3) is 8.77. The summed E-state index contributed by atoms with van der Waals surface area (Å²) in [7, 11) is 0. The normalized spacial score (nSPS) is 17.6. The summed E-state index contributed by atoms with van der Waals surface area (Å²) >= 11 is 1.11. The smallest absolute Gasteiger partial charge is 0.258 e. The molecule has 2 N–H and O–H groups in total. The summed E-state index contributed by atoms with van der Waals surface area (Å²) in [5, 5.41) is 4.62. The molecule has 1 saturated carbocycles. The van der Waals surface area contributed by atoms with Crippen LogP contribution in [0.25, 0.3) is 5.70 Å². The summed E-state index contributed by atoms with van der Waals surface area (Å²) in [4.78, 5) is 16.1. The number of halogens is 3. The highest BCUT2D eigenvalue weighted by Gasteiger charge is 2.22. The highest BCUT2D eigenvalue weighted by molar-refractivity contribution is 8.00. The van der Waals surface area contributed by atoms with Crippen molar-refractivity contribution in [3.8, 4) is 0 Å². The lowest BCUT2D eigenvalue weighted by Gasteiger charge is -2.22. The third-order valence-electron chi connectivity index (χ3n) is 4.54. The van der Waals surface area contributed by atoms with Crippen LogP contribution in [0.5, 0.6) is 0 Å². The van der Waals surface area contributed by atoms with Gasteiger partial charge in [0.15, 0.2) is 0 Å². The molecular weight excluding hydrogens is 399 g/mol. The highest BCUT2D eigenvalue weighted by Crippen LogP contribution is 2.28. The van der Waals surface area contributed by atoms with Gasteiger partial charge in [0.1, 0.15) is 11.9 Å². The maximum absolute atomic E-state index is 13.0. The largest absolute Gasteiger partial charge is 0.367 e. The fourth-order valence-corrected chi connectivity index (χ4v) is 2.98. The first kappa shape index (κ1) is 24.8. The Balaban J connectivity index is 0.000000387. The Labute approximate surface area is 174 Å². The van der Waals surface area contributed by atoms with Crippen molar-refractivity contribution >= 4 is 29.8 Å². The third-order valence-corrected chi connectivity index (χ3v) is 5.02. The summed E-state index contributed by atoms with van der Waals surface area (Å²) < 4.78 is 34.8. The molecule has 0 spiro atoms. The van der Waals surface area contributed by atoms with Crippen molar-refractivity contribution in [2.45, 2.75) is 45.6 Å². The first-order chi connectivity index (χ1) is 14.0. The molecule has 160 valence electrons. The Morgan fingerprint density at radius 3 is 2.41 bits per heavy atom. The standard InChI is InChI=1S/C14H14FN3OS.C6H12.CH2F2/c1-3-20-18-14(19)12-8-16-9(2)13(17-12)10-4-6-11(15)7-5-10;1-2-6-4-3-5-6;2-1-3/h3-8,12,17H,1H2,2H3,(H,18,19);6H,2-5H2,1H3;1H2. The zero-order valence-corrected chi connectivity index (χ0v) is 17.6. The molecule has 0 radical (unpaired) electrons. The van der Waals surface area contributed by atoms with Crippen LogP contribution in [0.3, 0.4) is 0 Å². The van der Waals surface area contributed by atoms with Crippen molar-refractivity contribution in [3.05, 3.63) is 53.3 Å². The van der Waals surface area contributed by atoms with Gasteiger partial charge >= 0.3 is 0 Å². The van der Waals surface area contributed by atoms with E-state index >= 15 is 0 Å². The van der Waals surface area contributed by atoms with E-state index in [1.807, 2.05) is 6.92 Å². The first-order valence-electron chi connectivity index (χ1n) is 9.42. The number of allylic oxidation sites excluding steroid dienone is 1. The van der Waals surface area contributed by atoms with Crippen LogP contribution in [-0.4, -0.2) is 25.1 Å². The number of hydrogen-bond acceptors (Lipinski definition) is 4. The highest BCUT2D eigenvalue weighted by atomic mass is 32.2.